The highest BCUT2D eigenvalue weighted by molar-refractivity contribution is 7.99. The number of hydrogen-bond acceptors (Lipinski definition) is 4. The Morgan fingerprint density at radius 1 is 0.848 bits per heavy atom. The zero-order chi connectivity index (χ0) is 22.6. The predicted octanol–water partition coefficient (Wildman–Crippen LogP) is 6.47. The molecule has 33 heavy (non-hydrogen) atoms. The number of carbonyl (C=O) groups excluding carboxylic acids is 1. The van der Waals surface area contributed by atoms with Crippen molar-refractivity contribution in [3.05, 3.63) is 102 Å². The molecule has 0 atom stereocenters. The van der Waals surface area contributed by atoms with Crippen molar-refractivity contribution in [2.45, 2.75) is 5.16 Å². The summed E-state index contributed by atoms with van der Waals surface area (Å²) in [6.45, 7) is 0. The van der Waals surface area contributed by atoms with E-state index in [0.29, 0.717) is 16.0 Å². The maximum absolute atomic E-state index is 12.8. The zero-order valence-corrected chi connectivity index (χ0v) is 19.1. The summed E-state index contributed by atoms with van der Waals surface area (Å²) in [4.78, 5) is 12.8. The first-order valence-electron chi connectivity index (χ1n) is 10.4. The molecule has 7 heteroatoms. The van der Waals surface area contributed by atoms with Crippen molar-refractivity contribution in [1.82, 2.24) is 14.8 Å². The van der Waals surface area contributed by atoms with Gasteiger partial charge in [-0.3, -0.25) is 9.36 Å². The topological polar surface area (TPSA) is 59.8 Å². The van der Waals surface area contributed by atoms with E-state index >= 15 is 0 Å². The standard InChI is InChI=1S/C26H19ClN4OS/c27-22-15-7-6-14-21(22)25-29-30-26(31(25)19-11-2-1-3-12-19)33-17-24(32)28-23-16-8-10-18-9-4-5-13-20(18)23/h1-16H,17H2,(H,28,32). The lowest BCUT2D eigenvalue weighted by molar-refractivity contribution is -0.113. The van der Waals surface area contributed by atoms with Gasteiger partial charge in [0.15, 0.2) is 11.0 Å². The first kappa shape index (κ1) is 21.2. The van der Waals surface area contributed by atoms with Crippen LogP contribution in [0, 0.1) is 0 Å². The molecule has 0 bridgehead atoms. The van der Waals surface area contributed by atoms with Crippen LogP contribution in [-0.2, 0) is 4.79 Å². The van der Waals surface area contributed by atoms with Crippen molar-refractivity contribution >= 4 is 45.7 Å². The average molecular weight is 471 g/mol. The van der Waals surface area contributed by atoms with Gasteiger partial charge in [0.05, 0.1) is 10.8 Å². The van der Waals surface area contributed by atoms with Gasteiger partial charge in [0.1, 0.15) is 0 Å². The fourth-order valence-electron chi connectivity index (χ4n) is 3.64. The summed E-state index contributed by atoms with van der Waals surface area (Å²) >= 11 is 7.77. The summed E-state index contributed by atoms with van der Waals surface area (Å²) in [5.74, 6) is 0.707. The van der Waals surface area contributed by atoms with Crippen molar-refractivity contribution in [1.29, 1.82) is 0 Å². The summed E-state index contributed by atoms with van der Waals surface area (Å²) in [6, 6.07) is 31.2. The van der Waals surface area contributed by atoms with Gasteiger partial charge < -0.3 is 5.32 Å². The quantitative estimate of drug-likeness (QED) is 0.289. The van der Waals surface area contributed by atoms with Crippen molar-refractivity contribution in [2.75, 3.05) is 11.1 Å². The Hall–Kier alpha value is -3.61. The van der Waals surface area contributed by atoms with Gasteiger partial charge in [0, 0.05) is 22.3 Å². The van der Waals surface area contributed by atoms with E-state index in [1.54, 1.807) is 0 Å². The Kier molecular flexibility index (Phi) is 6.11. The summed E-state index contributed by atoms with van der Waals surface area (Å²) in [5, 5.41) is 15.1. The minimum atomic E-state index is -0.113. The van der Waals surface area contributed by atoms with Gasteiger partial charge in [-0.1, -0.05) is 90.1 Å². The highest BCUT2D eigenvalue weighted by atomic mass is 35.5. The molecule has 5 rings (SSSR count). The second-order valence-corrected chi connectivity index (χ2v) is 8.67. The molecule has 162 valence electrons. The number of carbonyl (C=O) groups is 1. The first-order chi connectivity index (χ1) is 16.2. The molecule has 1 heterocycles. The van der Waals surface area contributed by atoms with Crippen LogP contribution in [0.1, 0.15) is 0 Å². The predicted molar refractivity (Wildman–Crippen MR) is 135 cm³/mol. The van der Waals surface area contributed by atoms with Crippen LogP contribution in [0.3, 0.4) is 0 Å². The number of para-hydroxylation sites is 1. The Morgan fingerprint density at radius 3 is 2.42 bits per heavy atom. The van der Waals surface area contributed by atoms with E-state index in [1.165, 1.54) is 11.8 Å². The smallest absolute Gasteiger partial charge is 0.234 e. The van der Waals surface area contributed by atoms with Crippen LogP contribution in [0.25, 0.3) is 27.8 Å². The van der Waals surface area contributed by atoms with Crippen LogP contribution in [0.2, 0.25) is 5.02 Å². The number of benzene rings is 4. The van der Waals surface area contributed by atoms with Gasteiger partial charge in [-0.2, -0.15) is 0 Å². The number of aromatic nitrogens is 3. The number of nitrogens with one attached hydrogen (secondary N) is 1. The molecule has 0 saturated heterocycles. The van der Waals surface area contributed by atoms with Gasteiger partial charge in [-0.15, -0.1) is 10.2 Å². The van der Waals surface area contributed by atoms with Crippen molar-refractivity contribution in [2.24, 2.45) is 0 Å². The maximum atomic E-state index is 12.8. The largest absolute Gasteiger partial charge is 0.325 e. The Bertz CT molecular complexity index is 1430. The molecule has 0 aliphatic rings. The van der Waals surface area contributed by atoms with Crippen LogP contribution >= 0.6 is 23.4 Å². The first-order valence-corrected chi connectivity index (χ1v) is 11.7. The molecule has 0 aliphatic heterocycles. The number of nitrogens with zero attached hydrogens (tertiary/aromatic N) is 3. The minimum Gasteiger partial charge on any atom is -0.325 e. The second-order valence-electron chi connectivity index (χ2n) is 7.32. The van der Waals surface area contributed by atoms with Gasteiger partial charge in [0.2, 0.25) is 5.91 Å². The van der Waals surface area contributed by atoms with Gasteiger partial charge >= 0.3 is 0 Å². The highest BCUT2D eigenvalue weighted by Crippen LogP contribution is 2.32. The zero-order valence-electron chi connectivity index (χ0n) is 17.5. The molecule has 4 aromatic carbocycles. The number of halogens is 1. The van der Waals surface area contributed by atoms with Crippen LogP contribution in [-0.4, -0.2) is 26.4 Å². The van der Waals surface area contributed by atoms with E-state index in [1.807, 2.05) is 102 Å². The van der Waals surface area contributed by atoms with Crippen LogP contribution in [0.4, 0.5) is 5.69 Å². The van der Waals surface area contributed by atoms with Gasteiger partial charge in [-0.05, 0) is 35.7 Å². The molecule has 0 spiro atoms. The minimum absolute atomic E-state index is 0.113. The fraction of sp³-hybridized carbons (Fsp3) is 0.0385. The summed E-state index contributed by atoms with van der Waals surface area (Å²) in [5.41, 5.74) is 2.47. The number of fused-ring (bicyclic) bond motifs is 1. The molecule has 1 aromatic heterocycles. The summed E-state index contributed by atoms with van der Waals surface area (Å²) < 4.78 is 1.93. The summed E-state index contributed by atoms with van der Waals surface area (Å²) in [6.07, 6.45) is 0. The Labute approximate surface area is 200 Å². The van der Waals surface area contributed by atoms with Crippen LogP contribution < -0.4 is 5.32 Å². The molecule has 1 N–H and O–H groups in total. The molecular weight excluding hydrogens is 452 g/mol. The lowest BCUT2D eigenvalue weighted by Gasteiger charge is -2.11. The van der Waals surface area contributed by atoms with Crippen LogP contribution in [0.5, 0.6) is 0 Å². The molecule has 0 saturated carbocycles. The van der Waals surface area contributed by atoms with E-state index in [2.05, 4.69) is 15.5 Å². The molecule has 1 amide bonds. The third-order valence-electron chi connectivity index (χ3n) is 5.16. The highest BCUT2D eigenvalue weighted by Gasteiger charge is 2.19. The number of amides is 1. The lowest BCUT2D eigenvalue weighted by atomic mass is 10.1. The Morgan fingerprint density at radius 2 is 1.58 bits per heavy atom. The SMILES string of the molecule is O=C(CSc1nnc(-c2ccccc2Cl)n1-c1ccccc1)Nc1cccc2ccccc12. The van der Waals surface area contributed by atoms with Gasteiger partial charge in [0.25, 0.3) is 0 Å². The number of hydrogen-bond donors (Lipinski definition) is 1. The third kappa shape index (κ3) is 4.49. The van der Waals surface area contributed by atoms with E-state index in [0.717, 1.165) is 27.7 Å². The van der Waals surface area contributed by atoms with Crippen molar-refractivity contribution in [3.8, 4) is 17.1 Å². The van der Waals surface area contributed by atoms with E-state index in [4.69, 9.17) is 11.6 Å². The Balaban J connectivity index is 1.42. The van der Waals surface area contributed by atoms with E-state index in [9.17, 15) is 4.79 Å². The van der Waals surface area contributed by atoms with Crippen molar-refractivity contribution in [3.63, 3.8) is 0 Å². The molecule has 0 unspecified atom stereocenters. The number of anilines is 1. The molecule has 5 aromatic rings. The molecule has 5 nitrogen and oxygen atoms in total. The summed E-state index contributed by atoms with van der Waals surface area (Å²) in [7, 11) is 0. The van der Waals surface area contributed by atoms with Crippen molar-refractivity contribution < 1.29 is 4.79 Å². The average Bonchev–Trinajstić information content (AvgIpc) is 3.27. The molecular formula is C26H19ClN4OS. The van der Waals surface area contributed by atoms with E-state index in [-0.39, 0.29) is 11.7 Å². The number of thioether (sulfide) groups is 1. The normalized spacial score (nSPS) is 10.9. The molecule has 0 radical (unpaired) electrons. The second kappa shape index (κ2) is 9.48. The lowest BCUT2D eigenvalue weighted by Crippen LogP contribution is -2.14. The van der Waals surface area contributed by atoms with Gasteiger partial charge in [-0.25, -0.2) is 0 Å². The van der Waals surface area contributed by atoms with Crippen LogP contribution in [0.15, 0.2) is 102 Å². The molecule has 0 fully saturated rings. The third-order valence-corrected chi connectivity index (χ3v) is 6.42. The van der Waals surface area contributed by atoms with E-state index < -0.39 is 0 Å². The monoisotopic (exact) mass is 470 g/mol. The number of rotatable bonds is 6. The fourth-order valence-corrected chi connectivity index (χ4v) is 4.61. The maximum Gasteiger partial charge on any atom is 0.234 e. The molecule has 0 aliphatic carbocycles.